The average Bonchev–Trinajstić information content (AvgIpc) is 2.83. The maximum atomic E-state index is 12.1. The average molecular weight is 306 g/mol. The summed E-state index contributed by atoms with van der Waals surface area (Å²) < 4.78 is 15.8. The topological polar surface area (TPSA) is 65.1 Å². The van der Waals surface area contributed by atoms with E-state index in [1.165, 1.54) is 4.90 Å². The molecule has 0 N–H and O–H groups in total. The third-order valence-corrected chi connectivity index (χ3v) is 3.64. The Hall–Kier alpha value is -1.01. The molecule has 2 fully saturated rings. The summed E-state index contributed by atoms with van der Waals surface area (Å²) in [5.41, 5.74) is -1.65. The van der Waals surface area contributed by atoms with Crippen molar-refractivity contribution in [2.24, 2.45) is 5.92 Å². The number of nitrogens with zero attached hydrogens (tertiary/aromatic N) is 1. The quantitative estimate of drug-likeness (QED) is 0.574. The molecule has 0 aromatic rings. The lowest BCUT2D eigenvalue weighted by Gasteiger charge is -2.27. The Balaban J connectivity index is 2.08. The molecule has 0 bridgehead atoms. The van der Waals surface area contributed by atoms with Gasteiger partial charge in [0.1, 0.15) is 5.60 Å². The minimum Gasteiger partial charge on any atom is -0.447 e. The van der Waals surface area contributed by atoms with Gasteiger partial charge in [-0.25, -0.2) is 9.59 Å². The molecular formula is C13H20ClNO5. The predicted octanol–water partition coefficient (Wildman–Crippen LogP) is 1.75. The first-order valence-electron chi connectivity index (χ1n) is 6.63. The molecule has 0 spiro atoms. The van der Waals surface area contributed by atoms with E-state index < -0.39 is 23.3 Å². The van der Waals surface area contributed by atoms with Crippen LogP contribution in [0.2, 0.25) is 0 Å². The molecule has 2 saturated heterocycles. The van der Waals surface area contributed by atoms with Gasteiger partial charge in [-0.05, 0) is 27.2 Å². The highest BCUT2D eigenvalue weighted by Crippen LogP contribution is 2.40. The van der Waals surface area contributed by atoms with Crippen LogP contribution in [0.3, 0.4) is 0 Å². The second-order valence-corrected chi connectivity index (χ2v) is 6.34. The van der Waals surface area contributed by atoms with Crippen molar-refractivity contribution in [2.45, 2.75) is 38.4 Å². The Bertz CT molecular complexity index is 408. The first kappa shape index (κ1) is 15.4. The highest BCUT2D eigenvalue weighted by Gasteiger charge is 2.59. The fourth-order valence-corrected chi connectivity index (χ4v) is 2.79. The zero-order valence-corrected chi connectivity index (χ0v) is 12.7. The number of amides is 1. The summed E-state index contributed by atoms with van der Waals surface area (Å²) in [4.78, 5) is 25.7. The standard InChI is InChI=1S/C13H20ClNO5/c1-12(2,3)20-11(17)15-6-9-4-5-19-13(9,7-15)10(16)18-8-14/h9H,4-8H2,1-3H3. The second kappa shape index (κ2) is 5.41. The van der Waals surface area contributed by atoms with Gasteiger partial charge in [0.05, 0.1) is 6.54 Å². The smallest absolute Gasteiger partial charge is 0.410 e. The van der Waals surface area contributed by atoms with Crippen molar-refractivity contribution in [1.82, 2.24) is 4.90 Å². The van der Waals surface area contributed by atoms with E-state index in [1.807, 2.05) is 0 Å². The monoisotopic (exact) mass is 305 g/mol. The van der Waals surface area contributed by atoms with Gasteiger partial charge in [0, 0.05) is 19.1 Å². The third kappa shape index (κ3) is 2.86. The molecule has 20 heavy (non-hydrogen) atoms. The molecule has 114 valence electrons. The van der Waals surface area contributed by atoms with E-state index in [0.29, 0.717) is 13.2 Å². The van der Waals surface area contributed by atoms with E-state index in [4.69, 9.17) is 25.8 Å². The Morgan fingerprint density at radius 1 is 1.45 bits per heavy atom. The van der Waals surface area contributed by atoms with Crippen molar-refractivity contribution in [3.63, 3.8) is 0 Å². The van der Waals surface area contributed by atoms with Gasteiger partial charge in [-0.1, -0.05) is 11.6 Å². The number of halogens is 1. The summed E-state index contributed by atoms with van der Waals surface area (Å²) >= 11 is 5.44. The van der Waals surface area contributed by atoms with Crippen LogP contribution in [0.25, 0.3) is 0 Å². The maximum Gasteiger partial charge on any atom is 0.410 e. The van der Waals surface area contributed by atoms with Gasteiger partial charge in [0.15, 0.2) is 11.7 Å². The summed E-state index contributed by atoms with van der Waals surface area (Å²) in [5.74, 6) is -0.563. The SMILES string of the molecule is CC(C)(C)OC(=O)N1CC2CCOC2(C(=O)OCCl)C1. The van der Waals surface area contributed by atoms with E-state index in [9.17, 15) is 9.59 Å². The molecule has 2 atom stereocenters. The van der Waals surface area contributed by atoms with Crippen LogP contribution < -0.4 is 0 Å². The van der Waals surface area contributed by atoms with Gasteiger partial charge in [-0.15, -0.1) is 0 Å². The van der Waals surface area contributed by atoms with Crippen molar-refractivity contribution < 1.29 is 23.8 Å². The lowest BCUT2D eigenvalue weighted by Crippen LogP contribution is -2.47. The first-order chi connectivity index (χ1) is 9.28. The van der Waals surface area contributed by atoms with E-state index >= 15 is 0 Å². The minimum absolute atomic E-state index is 0.0641. The summed E-state index contributed by atoms with van der Waals surface area (Å²) in [7, 11) is 0. The van der Waals surface area contributed by atoms with E-state index in [1.54, 1.807) is 20.8 Å². The zero-order chi connectivity index (χ0) is 15.0. The summed E-state index contributed by atoms with van der Waals surface area (Å²) in [6, 6.07) is -0.219. The number of hydrogen-bond donors (Lipinski definition) is 0. The molecule has 2 heterocycles. The van der Waals surface area contributed by atoms with Crippen molar-refractivity contribution in [3.8, 4) is 0 Å². The van der Waals surface area contributed by atoms with Crippen molar-refractivity contribution in [1.29, 1.82) is 0 Å². The Kier molecular flexibility index (Phi) is 4.16. The number of carbonyl (C=O) groups is 2. The van der Waals surface area contributed by atoms with Crippen molar-refractivity contribution in [3.05, 3.63) is 0 Å². The molecule has 1 amide bonds. The lowest BCUT2D eigenvalue weighted by molar-refractivity contribution is -0.165. The van der Waals surface area contributed by atoms with Gasteiger partial charge < -0.3 is 19.1 Å². The summed E-state index contributed by atoms with van der Waals surface area (Å²) in [6.45, 7) is 6.49. The molecule has 7 heteroatoms. The van der Waals surface area contributed by atoms with Crippen LogP contribution in [-0.2, 0) is 19.0 Å². The fraction of sp³-hybridized carbons (Fsp3) is 0.846. The number of alkyl halides is 1. The molecule has 0 aromatic carbocycles. The molecule has 0 saturated carbocycles. The molecular weight excluding hydrogens is 286 g/mol. The van der Waals surface area contributed by atoms with Crippen LogP contribution in [0.4, 0.5) is 4.79 Å². The van der Waals surface area contributed by atoms with Crippen LogP contribution in [-0.4, -0.2) is 53.9 Å². The van der Waals surface area contributed by atoms with Gasteiger partial charge in [0.25, 0.3) is 0 Å². The molecule has 2 aliphatic heterocycles. The largest absolute Gasteiger partial charge is 0.447 e. The number of fused-ring (bicyclic) bond motifs is 1. The van der Waals surface area contributed by atoms with Crippen LogP contribution in [0, 0.1) is 5.92 Å². The highest BCUT2D eigenvalue weighted by molar-refractivity contribution is 6.17. The number of rotatable bonds is 2. The lowest BCUT2D eigenvalue weighted by atomic mass is 9.91. The molecule has 2 aliphatic rings. The normalized spacial score (nSPS) is 29.2. The minimum atomic E-state index is -1.08. The molecule has 0 aromatic heterocycles. The number of esters is 1. The second-order valence-electron chi connectivity index (χ2n) is 6.13. The molecule has 0 radical (unpaired) electrons. The summed E-state index contributed by atoms with van der Waals surface area (Å²) in [6.07, 6.45) is 0.282. The highest BCUT2D eigenvalue weighted by atomic mass is 35.5. The van der Waals surface area contributed by atoms with E-state index in [2.05, 4.69) is 0 Å². The molecule has 6 nitrogen and oxygen atoms in total. The number of ether oxygens (including phenoxy) is 3. The molecule has 2 rings (SSSR count). The zero-order valence-electron chi connectivity index (χ0n) is 12.0. The van der Waals surface area contributed by atoms with Crippen molar-refractivity contribution >= 4 is 23.7 Å². The van der Waals surface area contributed by atoms with Gasteiger partial charge in [-0.3, -0.25) is 0 Å². The molecule has 0 aliphatic carbocycles. The van der Waals surface area contributed by atoms with E-state index in [0.717, 1.165) is 6.42 Å². The van der Waals surface area contributed by atoms with Gasteiger partial charge in [0.2, 0.25) is 0 Å². The van der Waals surface area contributed by atoms with E-state index in [-0.39, 0.29) is 18.5 Å². The number of likely N-dealkylation sites (tertiary alicyclic amines) is 1. The van der Waals surface area contributed by atoms with Crippen molar-refractivity contribution in [2.75, 3.05) is 25.8 Å². The Labute approximate surface area is 123 Å². The van der Waals surface area contributed by atoms with Gasteiger partial charge in [-0.2, -0.15) is 0 Å². The van der Waals surface area contributed by atoms with Crippen LogP contribution in [0.15, 0.2) is 0 Å². The van der Waals surface area contributed by atoms with Gasteiger partial charge >= 0.3 is 12.1 Å². The third-order valence-electron chi connectivity index (χ3n) is 3.53. The number of carbonyl (C=O) groups excluding carboxylic acids is 2. The Morgan fingerprint density at radius 3 is 2.75 bits per heavy atom. The predicted molar refractivity (Wildman–Crippen MR) is 71.4 cm³/mol. The maximum absolute atomic E-state index is 12.1. The van der Waals surface area contributed by atoms with Crippen LogP contribution in [0.5, 0.6) is 0 Å². The van der Waals surface area contributed by atoms with Crippen LogP contribution in [0.1, 0.15) is 27.2 Å². The first-order valence-corrected chi connectivity index (χ1v) is 7.17. The Morgan fingerprint density at radius 2 is 2.15 bits per heavy atom. The van der Waals surface area contributed by atoms with Crippen LogP contribution >= 0.6 is 11.6 Å². The molecule has 2 unspecified atom stereocenters. The number of hydrogen-bond acceptors (Lipinski definition) is 5. The summed E-state index contributed by atoms with van der Waals surface area (Å²) in [5, 5.41) is 0. The fourth-order valence-electron chi connectivity index (χ4n) is 2.69.